The highest BCUT2D eigenvalue weighted by Gasteiger charge is 2.49. The molecule has 1 N–H and O–H groups in total. The Balaban J connectivity index is 1.66. The van der Waals surface area contributed by atoms with Crippen molar-refractivity contribution >= 4 is 0 Å². The highest BCUT2D eigenvalue weighted by atomic mass is 16.3. The molecule has 4 aliphatic rings. The van der Waals surface area contributed by atoms with E-state index >= 15 is 0 Å². The third kappa shape index (κ3) is 2.46. The standard InChI is InChI=1S/C17H26N2O/c1-19(2)15(10-18)3-4-16(20)17-13-6-11-5-12(8-13)9-14(17)7-11/h3,11-14,16-17,20H,4-9H2,1-2H3/b15-3+. The molecule has 3 nitrogen and oxygen atoms in total. The van der Waals surface area contributed by atoms with Crippen molar-refractivity contribution < 1.29 is 5.11 Å². The van der Waals surface area contributed by atoms with Gasteiger partial charge >= 0.3 is 0 Å². The number of hydrogen-bond acceptors (Lipinski definition) is 3. The Bertz CT molecular complexity index is 407. The Hall–Kier alpha value is -1.01. The van der Waals surface area contributed by atoms with Gasteiger partial charge in [-0.05, 0) is 74.2 Å². The van der Waals surface area contributed by atoms with Crippen LogP contribution >= 0.6 is 0 Å². The first-order valence-electron chi connectivity index (χ1n) is 8.04. The highest BCUT2D eigenvalue weighted by Crippen LogP contribution is 2.57. The zero-order chi connectivity index (χ0) is 14.3. The van der Waals surface area contributed by atoms with E-state index in [1.807, 2.05) is 25.1 Å². The Morgan fingerprint density at radius 1 is 1.20 bits per heavy atom. The molecule has 0 aromatic heterocycles. The smallest absolute Gasteiger partial charge is 0.117 e. The van der Waals surface area contributed by atoms with Crippen molar-refractivity contribution in [3.8, 4) is 6.07 Å². The zero-order valence-electron chi connectivity index (χ0n) is 12.6. The fourth-order valence-electron chi connectivity index (χ4n) is 5.31. The number of allylic oxidation sites excluding steroid dienone is 1. The van der Waals surface area contributed by atoms with Crippen molar-refractivity contribution in [3.63, 3.8) is 0 Å². The van der Waals surface area contributed by atoms with Crippen LogP contribution in [0, 0.1) is 40.9 Å². The normalized spacial score (nSPS) is 40.5. The molecule has 0 aliphatic heterocycles. The molecule has 4 rings (SSSR count). The van der Waals surface area contributed by atoms with Gasteiger partial charge in [0.15, 0.2) is 0 Å². The first-order valence-corrected chi connectivity index (χ1v) is 8.04. The lowest BCUT2D eigenvalue weighted by molar-refractivity contribution is -0.0881. The Morgan fingerprint density at radius 2 is 1.75 bits per heavy atom. The fraction of sp³-hybridized carbons (Fsp3) is 0.824. The quantitative estimate of drug-likeness (QED) is 0.802. The molecule has 0 aromatic carbocycles. The molecule has 4 aliphatic carbocycles. The summed E-state index contributed by atoms with van der Waals surface area (Å²) in [5, 5.41) is 19.7. The molecule has 1 unspecified atom stereocenters. The largest absolute Gasteiger partial charge is 0.392 e. The second-order valence-corrected chi connectivity index (χ2v) is 7.41. The van der Waals surface area contributed by atoms with E-state index in [1.54, 1.807) is 0 Å². The van der Waals surface area contributed by atoms with Crippen LogP contribution in [0.1, 0.15) is 38.5 Å². The fourth-order valence-corrected chi connectivity index (χ4v) is 5.31. The van der Waals surface area contributed by atoms with Gasteiger partial charge in [0.25, 0.3) is 0 Å². The molecule has 110 valence electrons. The summed E-state index contributed by atoms with van der Waals surface area (Å²) in [6.07, 6.45) is 9.12. The molecule has 1 atom stereocenters. The lowest BCUT2D eigenvalue weighted by atomic mass is 9.50. The number of nitrogens with zero attached hydrogens (tertiary/aromatic N) is 2. The van der Waals surface area contributed by atoms with Crippen LogP contribution in [0.25, 0.3) is 0 Å². The monoisotopic (exact) mass is 274 g/mol. The number of hydrogen-bond donors (Lipinski definition) is 1. The van der Waals surface area contributed by atoms with Crippen LogP contribution in [0.2, 0.25) is 0 Å². The lowest BCUT2D eigenvalue weighted by Crippen LogP contribution is -2.49. The molecule has 0 spiro atoms. The van der Waals surface area contributed by atoms with Gasteiger partial charge in [-0.25, -0.2) is 0 Å². The number of rotatable bonds is 4. The second kappa shape index (κ2) is 5.41. The van der Waals surface area contributed by atoms with E-state index in [1.165, 1.54) is 32.1 Å². The van der Waals surface area contributed by atoms with Gasteiger partial charge in [-0.15, -0.1) is 0 Å². The summed E-state index contributed by atoms with van der Waals surface area (Å²) < 4.78 is 0. The van der Waals surface area contributed by atoms with E-state index in [9.17, 15) is 5.11 Å². The Labute approximate surface area is 122 Å². The minimum absolute atomic E-state index is 0.256. The van der Waals surface area contributed by atoms with Gasteiger partial charge in [-0.2, -0.15) is 5.26 Å². The molecule has 4 fully saturated rings. The van der Waals surface area contributed by atoms with E-state index in [2.05, 4.69) is 6.07 Å². The van der Waals surface area contributed by atoms with E-state index in [4.69, 9.17) is 5.26 Å². The first kappa shape index (κ1) is 13.9. The topological polar surface area (TPSA) is 47.3 Å². The lowest BCUT2D eigenvalue weighted by Gasteiger charge is -2.55. The summed E-state index contributed by atoms with van der Waals surface area (Å²) in [5.41, 5.74) is 0.660. The van der Waals surface area contributed by atoms with Crippen LogP contribution in [-0.4, -0.2) is 30.2 Å². The average molecular weight is 274 g/mol. The van der Waals surface area contributed by atoms with E-state index < -0.39 is 0 Å². The molecule has 0 aromatic rings. The maximum Gasteiger partial charge on any atom is 0.117 e. The summed E-state index contributed by atoms with van der Waals surface area (Å²) in [6.45, 7) is 0. The van der Waals surface area contributed by atoms with Gasteiger partial charge < -0.3 is 10.0 Å². The van der Waals surface area contributed by atoms with E-state index in [0.717, 1.165) is 23.7 Å². The molecule has 0 heterocycles. The van der Waals surface area contributed by atoms with Crippen molar-refractivity contribution in [2.75, 3.05) is 14.1 Å². The van der Waals surface area contributed by atoms with Crippen molar-refractivity contribution in [1.82, 2.24) is 4.90 Å². The third-order valence-corrected chi connectivity index (χ3v) is 5.89. The van der Waals surface area contributed by atoms with Gasteiger partial charge in [-0.3, -0.25) is 0 Å². The number of aliphatic hydroxyl groups is 1. The Morgan fingerprint density at radius 3 is 2.20 bits per heavy atom. The maximum absolute atomic E-state index is 10.6. The molecular weight excluding hydrogens is 248 g/mol. The van der Waals surface area contributed by atoms with Gasteiger partial charge in [-0.1, -0.05) is 0 Å². The van der Waals surface area contributed by atoms with Crippen LogP contribution in [0.15, 0.2) is 11.8 Å². The minimum Gasteiger partial charge on any atom is -0.392 e. The van der Waals surface area contributed by atoms with Gasteiger partial charge in [0.2, 0.25) is 0 Å². The molecule has 20 heavy (non-hydrogen) atoms. The first-order chi connectivity index (χ1) is 9.58. The van der Waals surface area contributed by atoms with E-state index in [-0.39, 0.29) is 6.10 Å². The predicted octanol–water partition coefficient (Wildman–Crippen LogP) is 2.78. The van der Waals surface area contributed by atoms with Crippen LogP contribution in [-0.2, 0) is 0 Å². The van der Waals surface area contributed by atoms with E-state index in [0.29, 0.717) is 18.0 Å². The summed E-state index contributed by atoms with van der Waals surface area (Å²) in [5.74, 6) is 3.89. The summed E-state index contributed by atoms with van der Waals surface area (Å²) in [7, 11) is 3.76. The van der Waals surface area contributed by atoms with Crippen LogP contribution in [0.3, 0.4) is 0 Å². The summed E-state index contributed by atoms with van der Waals surface area (Å²) in [6, 6.07) is 2.20. The minimum atomic E-state index is -0.256. The number of nitriles is 1. The Kier molecular flexibility index (Phi) is 3.77. The summed E-state index contributed by atoms with van der Waals surface area (Å²) >= 11 is 0. The predicted molar refractivity (Wildman–Crippen MR) is 78.5 cm³/mol. The second-order valence-electron chi connectivity index (χ2n) is 7.41. The average Bonchev–Trinajstić information content (AvgIpc) is 2.37. The van der Waals surface area contributed by atoms with Crippen molar-refractivity contribution in [1.29, 1.82) is 5.26 Å². The van der Waals surface area contributed by atoms with Gasteiger partial charge in [0, 0.05) is 14.1 Å². The van der Waals surface area contributed by atoms with Crippen molar-refractivity contribution in [3.05, 3.63) is 11.8 Å². The molecule has 3 heteroatoms. The van der Waals surface area contributed by atoms with Gasteiger partial charge in [0.05, 0.1) is 6.10 Å². The molecule has 4 bridgehead atoms. The molecule has 4 saturated carbocycles. The molecular formula is C17H26N2O. The van der Waals surface area contributed by atoms with Crippen LogP contribution in [0.4, 0.5) is 0 Å². The third-order valence-electron chi connectivity index (χ3n) is 5.89. The highest BCUT2D eigenvalue weighted by molar-refractivity contribution is 5.18. The molecule has 0 radical (unpaired) electrons. The van der Waals surface area contributed by atoms with Crippen LogP contribution in [0.5, 0.6) is 0 Å². The maximum atomic E-state index is 10.6. The van der Waals surface area contributed by atoms with Crippen molar-refractivity contribution in [2.45, 2.75) is 44.6 Å². The zero-order valence-corrected chi connectivity index (χ0v) is 12.6. The summed E-state index contributed by atoms with van der Waals surface area (Å²) in [4.78, 5) is 1.82. The van der Waals surface area contributed by atoms with Crippen LogP contribution < -0.4 is 0 Å². The van der Waals surface area contributed by atoms with Gasteiger partial charge in [0.1, 0.15) is 11.8 Å². The molecule has 0 saturated heterocycles. The molecule has 0 amide bonds. The SMILES string of the molecule is CN(C)/C(C#N)=C/CC(O)C1C2CC3CC(C2)CC1C3. The number of aliphatic hydroxyl groups excluding tert-OH is 1. The van der Waals surface area contributed by atoms with Crippen molar-refractivity contribution in [2.24, 2.45) is 29.6 Å².